The highest BCUT2D eigenvalue weighted by Gasteiger charge is 2.14. The predicted molar refractivity (Wildman–Crippen MR) is 76.8 cm³/mol. The zero-order chi connectivity index (χ0) is 15.7. The highest BCUT2D eigenvalue weighted by Crippen LogP contribution is 2.26. The number of carboxylic acids is 2. The zero-order valence-electron chi connectivity index (χ0n) is 10.8. The van der Waals surface area contributed by atoms with Gasteiger partial charge in [0.25, 0.3) is 0 Å². The summed E-state index contributed by atoms with van der Waals surface area (Å²) in [6, 6.07) is 5.86. The number of carbonyl (C=O) groups is 2. The second-order valence-electron chi connectivity index (χ2n) is 4.23. The van der Waals surface area contributed by atoms with E-state index in [1.54, 1.807) is 6.07 Å². The summed E-state index contributed by atoms with van der Waals surface area (Å²) >= 11 is 1.06. The van der Waals surface area contributed by atoms with Gasteiger partial charge in [0.15, 0.2) is 11.6 Å². The third-order valence-corrected chi connectivity index (χ3v) is 3.87. The first kappa shape index (κ1) is 13.9. The molecular formula is C13H8N4O4S. The molecule has 3 aromatic heterocycles. The van der Waals surface area contributed by atoms with Crippen LogP contribution in [0.15, 0.2) is 30.5 Å². The number of thiophene rings is 1. The van der Waals surface area contributed by atoms with Crippen LogP contribution in [0.4, 0.5) is 0 Å². The Hall–Kier alpha value is -3.07. The van der Waals surface area contributed by atoms with Gasteiger partial charge in [-0.3, -0.25) is 4.98 Å². The number of hydrogen-bond donors (Lipinski definition) is 3. The molecule has 0 aromatic carbocycles. The molecule has 0 unspecified atom stereocenters. The van der Waals surface area contributed by atoms with Gasteiger partial charge in [-0.25, -0.2) is 9.59 Å². The summed E-state index contributed by atoms with van der Waals surface area (Å²) in [5, 5.41) is 25.7. The normalized spacial score (nSPS) is 10.5. The van der Waals surface area contributed by atoms with Crippen molar-refractivity contribution in [2.24, 2.45) is 0 Å². The molecule has 0 aliphatic heterocycles. The Balaban J connectivity index is 1.94. The minimum absolute atomic E-state index is 0.0900. The Morgan fingerprint density at radius 2 is 1.82 bits per heavy atom. The molecule has 3 heterocycles. The predicted octanol–water partition coefficient (Wildman–Crippen LogP) is 1.99. The summed E-state index contributed by atoms with van der Waals surface area (Å²) in [7, 11) is 0. The van der Waals surface area contributed by atoms with Gasteiger partial charge in [0, 0.05) is 6.20 Å². The molecule has 3 aromatic rings. The SMILES string of the molecule is O=C(O)c1ccnc(-c2nnc(-c3ccc(C(=O)O)s3)[nH]2)c1. The number of hydrogen-bond acceptors (Lipinski definition) is 6. The van der Waals surface area contributed by atoms with E-state index in [4.69, 9.17) is 10.2 Å². The average Bonchev–Trinajstić information content (AvgIpc) is 3.16. The summed E-state index contributed by atoms with van der Waals surface area (Å²) in [5.41, 5.74) is 0.431. The first-order chi connectivity index (χ1) is 10.5. The molecule has 110 valence electrons. The van der Waals surface area contributed by atoms with Crippen molar-refractivity contribution in [1.82, 2.24) is 20.2 Å². The highest BCUT2D eigenvalue weighted by atomic mass is 32.1. The highest BCUT2D eigenvalue weighted by molar-refractivity contribution is 7.17. The van der Waals surface area contributed by atoms with E-state index in [1.165, 1.54) is 24.4 Å². The maximum absolute atomic E-state index is 10.9. The standard InChI is InChI=1S/C13H8N4O4S/c18-12(19)6-3-4-14-7(5-6)10-15-11(17-16-10)8-1-2-9(22-8)13(20)21/h1-5H,(H,18,19)(H,20,21)(H,15,16,17). The Morgan fingerprint density at radius 1 is 1.05 bits per heavy atom. The number of pyridine rings is 1. The number of nitrogens with one attached hydrogen (secondary N) is 1. The van der Waals surface area contributed by atoms with E-state index >= 15 is 0 Å². The van der Waals surface area contributed by atoms with Crippen molar-refractivity contribution in [2.45, 2.75) is 0 Å². The molecule has 0 atom stereocenters. The van der Waals surface area contributed by atoms with Crippen molar-refractivity contribution in [1.29, 1.82) is 0 Å². The molecule has 0 radical (unpaired) electrons. The van der Waals surface area contributed by atoms with Gasteiger partial charge in [-0.2, -0.15) is 0 Å². The van der Waals surface area contributed by atoms with Crippen molar-refractivity contribution >= 4 is 23.3 Å². The van der Waals surface area contributed by atoms with Crippen molar-refractivity contribution in [2.75, 3.05) is 0 Å². The number of nitrogens with zero attached hydrogens (tertiary/aromatic N) is 3. The van der Waals surface area contributed by atoms with Gasteiger partial charge >= 0.3 is 11.9 Å². The summed E-state index contributed by atoms with van der Waals surface area (Å²) in [5.74, 6) is -1.36. The first-order valence-electron chi connectivity index (χ1n) is 6.00. The molecule has 0 bridgehead atoms. The largest absolute Gasteiger partial charge is 0.478 e. The number of aromatic nitrogens is 4. The number of aromatic carboxylic acids is 2. The summed E-state index contributed by atoms with van der Waals surface area (Å²) in [6.07, 6.45) is 1.37. The summed E-state index contributed by atoms with van der Waals surface area (Å²) in [4.78, 5) is 29.6. The first-order valence-corrected chi connectivity index (χ1v) is 6.82. The lowest BCUT2D eigenvalue weighted by Crippen LogP contribution is -1.97. The van der Waals surface area contributed by atoms with Crippen LogP contribution in [0.2, 0.25) is 0 Å². The van der Waals surface area contributed by atoms with Crippen molar-refractivity contribution in [3.8, 4) is 22.2 Å². The Kier molecular flexibility index (Phi) is 3.39. The minimum Gasteiger partial charge on any atom is -0.478 e. The molecule has 0 fully saturated rings. The van der Waals surface area contributed by atoms with Crippen molar-refractivity contribution in [3.05, 3.63) is 40.9 Å². The topological polar surface area (TPSA) is 129 Å². The smallest absolute Gasteiger partial charge is 0.345 e. The molecule has 0 spiro atoms. The van der Waals surface area contributed by atoms with Crippen LogP contribution in [0.1, 0.15) is 20.0 Å². The molecule has 0 aliphatic rings. The molecular weight excluding hydrogens is 308 g/mol. The van der Waals surface area contributed by atoms with Crippen molar-refractivity contribution < 1.29 is 19.8 Å². The van der Waals surface area contributed by atoms with E-state index in [9.17, 15) is 9.59 Å². The van der Waals surface area contributed by atoms with Crippen LogP contribution in [0.3, 0.4) is 0 Å². The Morgan fingerprint density at radius 3 is 2.50 bits per heavy atom. The van der Waals surface area contributed by atoms with Gasteiger partial charge in [-0.15, -0.1) is 21.5 Å². The Labute approximate surface area is 127 Å². The van der Waals surface area contributed by atoms with E-state index in [-0.39, 0.29) is 10.4 Å². The molecule has 0 saturated heterocycles. The van der Waals surface area contributed by atoms with Crippen LogP contribution in [-0.2, 0) is 0 Å². The lowest BCUT2D eigenvalue weighted by atomic mass is 10.2. The molecule has 3 rings (SSSR count). The summed E-state index contributed by atoms with van der Waals surface area (Å²) in [6.45, 7) is 0. The van der Waals surface area contributed by atoms with Gasteiger partial charge in [-0.1, -0.05) is 0 Å². The molecule has 0 amide bonds. The number of H-pyrrole nitrogens is 1. The Bertz CT molecular complexity index is 870. The van der Waals surface area contributed by atoms with E-state index < -0.39 is 11.9 Å². The number of carboxylic acid groups (broad SMARTS) is 2. The number of aromatic amines is 1. The zero-order valence-corrected chi connectivity index (χ0v) is 11.7. The van der Waals surface area contributed by atoms with Crippen LogP contribution in [-0.4, -0.2) is 42.3 Å². The molecule has 3 N–H and O–H groups in total. The van der Waals surface area contributed by atoms with Crippen LogP contribution in [0, 0.1) is 0 Å². The monoisotopic (exact) mass is 316 g/mol. The van der Waals surface area contributed by atoms with E-state index in [2.05, 4.69) is 20.2 Å². The lowest BCUT2D eigenvalue weighted by Gasteiger charge is -1.97. The van der Waals surface area contributed by atoms with Crippen LogP contribution in [0.5, 0.6) is 0 Å². The molecule has 22 heavy (non-hydrogen) atoms. The van der Waals surface area contributed by atoms with Gasteiger partial charge in [0.1, 0.15) is 10.6 Å². The van der Waals surface area contributed by atoms with E-state index in [1.807, 2.05) is 0 Å². The summed E-state index contributed by atoms with van der Waals surface area (Å²) < 4.78 is 0. The van der Waals surface area contributed by atoms with Gasteiger partial charge in [0.2, 0.25) is 0 Å². The molecule has 9 heteroatoms. The van der Waals surface area contributed by atoms with E-state index in [0.717, 1.165) is 11.3 Å². The second-order valence-corrected chi connectivity index (χ2v) is 5.31. The maximum Gasteiger partial charge on any atom is 0.345 e. The molecule has 0 saturated carbocycles. The third-order valence-electron chi connectivity index (χ3n) is 2.79. The lowest BCUT2D eigenvalue weighted by molar-refractivity contribution is 0.0688. The van der Waals surface area contributed by atoms with Gasteiger partial charge in [-0.05, 0) is 24.3 Å². The van der Waals surface area contributed by atoms with Crippen LogP contribution >= 0.6 is 11.3 Å². The third kappa shape index (κ3) is 2.56. The maximum atomic E-state index is 10.9. The molecule has 8 nitrogen and oxygen atoms in total. The fraction of sp³-hybridized carbons (Fsp3) is 0. The van der Waals surface area contributed by atoms with Gasteiger partial charge < -0.3 is 15.2 Å². The van der Waals surface area contributed by atoms with Crippen LogP contribution in [0.25, 0.3) is 22.2 Å². The molecule has 0 aliphatic carbocycles. The average molecular weight is 316 g/mol. The fourth-order valence-electron chi connectivity index (χ4n) is 1.76. The van der Waals surface area contributed by atoms with E-state index in [0.29, 0.717) is 22.2 Å². The van der Waals surface area contributed by atoms with Gasteiger partial charge in [0.05, 0.1) is 10.4 Å². The minimum atomic E-state index is -1.06. The quantitative estimate of drug-likeness (QED) is 0.671. The second kappa shape index (κ2) is 5.37. The van der Waals surface area contributed by atoms with Crippen LogP contribution < -0.4 is 0 Å². The van der Waals surface area contributed by atoms with Crippen molar-refractivity contribution in [3.63, 3.8) is 0 Å². The number of rotatable bonds is 4. The fourth-order valence-corrected chi connectivity index (χ4v) is 2.55.